The molecule has 110 valence electrons. The maximum Gasteiger partial charge on any atom is 0.165 e. The molecule has 0 amide bonds. The van der Waals surface area contributed by atoms with Gasteiger partial charge in [-0.15, -0.1) is 0 Å². The zero-order valence-corrected chi connectivity index (χ0v) is 11.8. The Labute approximate surface area is 118 Å². The first-order valence-electron chi connectivity index (χ1n) is 7.51. The maximum absolute atomic E-state index is 13.7. The summed E-state index contributed by atoms with van der Waals surface area (Å²) in [7, 11) is 0. The number of halogens is 2. The highest BCUT2D eigenvalue weighted by Gasteiger charge is 2.57. The van der Waals surface area contributed by atoms with Crippen molar-refractivity contribution in [1.82, 2.24) is 5.32 Å². The average Bonchev–Trinajstić information content (AvgIpc) is 2.94. The van der Waals surface area contributed by atoms with Gasteiger partial charge in [0, 0.05) is 23.9 Å². The molecule has 1 spiro atoms. The monoisotopic (exact) mass is 281 g/mol. The zero-order chi connectivity index (χ0) is 14.2. The second-order valence-corrected chi connectivity index (χ2v) is 5.97. The highest BCUT2D eigenvalue weighted by atomic mass is 19.1. The van der Waals surface area contributed by atoms with Crippen LogP contribution in [0.5, 0.6) is 5.75 Å². The topological polar surface area (TPSA) is 21.3 Å². The Balaban J connectivity index is 1.76. The van der Waals surface area contributed by atoms with Gasteiger partial charge in [-0.3, -0.25) is 0 Å². The summed E-state index contributed by atoms with van der Waals surface area (Å²) < 4.78 is 32.8. The smallest absolute Gasteiger partial charge is 0.165 e. The van der Waals surface area contributed by atoms with Gasteiger partial charge < -0.3 is 10.1 Å². The van der Waals surface area contributed by atoms with Gasteiger partial charge in [0.05, 0.1) is 0 Å². The van der Waals surface area contributed by atoms with Crippen molar-refractivity contribution in [2.75, 3.05) is 6.54 Å². The van der Waals surface area contributed by atoms with Crippen LogP contribution < -0.4 is 10.1 Å². The van der Waals surface area contributed by atoms with E-state index in [9.17, 15) is 8.78 Å². The largest absolute Gasteiger partial charge is 0.487 e. The molecule has 1 aromatic rings. The Morgan fingerprint density at radius 2 is 2.05 bits per heavy atom. The van der Waals surface area contributed by atoms with E-state index in [0.29, 0.717) is 6.04 Å². The molecule has 2 nitrogen and oxygen atoms in total. The van der Waals surface area contributed by atoms with Crippen LogP contribution in [0.1, 0.15) is 39.0 Å². The second-order valence-electron chi connectivity index (χ2n) is 5.97. The fourth-order valence-electron chi connectivity index (χ4n) is 3.87. The van der Waals surface area contributed by atoms with Crippen LogP contribution in [0.25, 0.3) is 0 Å². The van der Waals surface area contributed by atoms with Gasteiger partial charge in [0.15, 0.2) is 11.6 Å². The van der Waals surface area contributed by atoms with Gasteiger partial charge in [0.1, 0.15) is 11.9 Å². The predicted octanol–water partition coefficient (Wildman–Crippen LogP) is 3.65. The molecule has 0 aliphatic heterocycles. The highest BCUT2D eigenvalue weighted by Crippen LogP contribution is 2.54. The third-order valence-corrected chi connectivity index (χ3v) is 4.93. The standard InChI is InChI=1S/C16H21F2NO/c1-2-19-14-10-15(16(14)7-3-4-8-16)20-13-9-11(17)5-6-12(13)18/h5-6,9,14-15,19H,2-4,7-8,10H2,1H3. The summed E-state index contributed by atoms with van der Waals surface area (Å²) in [6.07, 6.45) is 5.52. The van der Waals surface area contributed by atoms with Crippen molar-refractivity contribution < 1.29 is 13.5 Å². The molecule has 3 rings (SSSR count). The third kappa shape index (κ3) is 2.20. The van der Waals surface area contributed by atoms with Gasteiger partial charge in [-0.25, -0.2) is 8.78 Å². The maximum atomic E-state index is 13.7. The lowest BCUT2D eigenvalue weighted by Gasteiger charge is -2.54. The minimum atomic E-state index is -0.480. The van der Waals surface area contributed by atoms with E-state index >= 15 is 0 Å². The Bertz CT molecular complexity index is 485. The lowest BCUT2D eigenvalue weighted by atomic mass is 9.60. The summed E-state index contributed by atoms with van der Waals surface area (Å²) in [6.45, 7) is 3.04. The van der Waals surface area contributed by atoms with Gasteiger partial charge in [0.2, 0.25) is 0 Å². The van der Waals surface area contributed by atoms with Gasteiger partial charge >= 0.3 is 0 Å². The highest BCUT2D eigenvalue weighted by molar-refractivity contribution is 5.26. The molecule has 0 saturated heterocycles. The fourth-order valence-corrected chi connectivity index (χ4v) is 3.87. The molecular formula is C16H21F2NO. The molecule has 0 radical (unpaired) electrons. The Hall–Kier alpha value is -1.16. The lowest BCUT2D eigenvalue weighted by Crippen LogP contribution is -2.63. The summed E-state index contributed by atoms with van der Waals surface area (Å²) in [4.78, 5) is 0. The van der Waals surface area contributed by atoms with E-state index in [-0.39, 0.29) is 17.3 Å². The molecular weight excluding hydrogens is 260 g/mol. The molecule has 0 bridgehead atoms. The second kappa shape index (κ2) is 5.32. The quantitative estimate of drug-likeness (QED) is 0.909. The summed E-state index contributed by atoms with van der Waals surface area (Å²) in [6, 6.07) is 3.86. The van der Waals surface area contributed by atoms with Crippen LogP contribution in [0.15, 0.2) is 18.2 Å². The van der Waals surface area contributed by atoms with Crippen molar-refractivity contribution in [1.29, 1.82) is 0 Å². The summed E-state index contributed by atoms with van der Waals surface area (Å²) in [5, 5.41) is 3.51. The van der Waals surface area contributed by atoms with Crippen LogP contribution in [0.4, 0.5) is 8.78 Å². The van der Waals surface area contributed by atoms with Gasteiger partial charge in [-0.2, -0.15) is 0 Å². The minimum absolute atomic E-state index is 0.00495. The van der Waals surface area contributed by atoms with E-state index in [1.54, 1.807) is 0 Å². The van der Waals surface area contributed by atoms with E-state index < -0.39 is 11.6 Å². The van der Waals surface area contributed by atoms with Crippen LogP contribution in [-0.4, -0.2) is 18.7 Å². The molecule has 0 heterocycles. The molecule has 2 atom stereocenters. The van der Waals surface area contributed by atoms with Crippen molar-refractivity contribution in [2.45, 2.75) is 51.2 Å². The van der Waals surface area contributed by atoms with Crippen LogP contribution >= 0.6 is 0 Å². The van der Waals surface area contributed by atoms with E-state index in [1.807, 2.05) is 0 Å². The predicted molar refractivity (Wildman–Crippen MR) is 73.8 cm³/mol. The van der Waals surface area contributed by atoms with E-state index in [2.05, 4.69) is 12.2 Å². The minimum Gasteiger partial charge on any atom is -0.487 e. The average molecular weight is 281 g/mol. The number of nitrogens with one attached hydrogen (secondary N) is 1. The first kappa shape index (κ1) is 13.8. The zero-order valence-electron chi connectivity index (χ0n) is 11.8. The summed E-state index contributed by atoms with van der Waals surface area (Å²) >= 11 is 0. The SMILES string of the molecule is CCNC1CC(Oc2cc(F)ccc2F)C12CCCC2. The number of benzene rings is 1. The Morgan fingerprint density at radius 3 is 2.75 bits per heavy atom. The van der Waals surface area contributed by atoms with E-state index in [0.717, 1.165) is 44.0 Å². The van der Waals surface area contributed by atoms with Crippen molar-refractivity contribution >= 4 is 0 Å². The van der Waals surface area contributed by atoms with Crippen LogP contribution in [0, 0.1) is 17.0 Å². The molecule has 1 aromatic carbocycles. The number of ether oxygens (including phenoxy) is 1. The van der Waals surface area contributed by atoms with Crippen molar-refractivity contribution in [3.63, 3.8) is 0 Å². The van der Waals surface area contributed by atoms with Crippen LogP contribution in [0.2, 0.25) is 0 Å². The van der Waals surface area contributed by atoms with Crippen molar-refractivity contribution in [2.24, 2.45) is 5.41 Å². The van der Waals surface area contributed by atoms with Crippen LogP contribution in [-0.2, 0) is 0 Å². The van der Waals surface area contributed by atoms with Crippen LogP contribution in [0.3, 0.4) is 0 Å². The molecule has 1 N–H and O–H groups in total. The number of rotatable bonds is 4. The lowest BCUT2D eigenvalue weighted by molar-refractivity contribution is -0.0771. The van der Waals surface area contributed by atoms with Crippen molar-refractivity contribution in [3.05, 3.63) is 29.8 Å². The number of hydrogen-bond acceptors (Lipinski definition) is 2. The normalized spacial score (nSPS) is 27.6. The molecule has 20 heavy (non-hydrogen) atoms. The molecule has 2 saturated carbocycles. The van der Waals surface area contributed by atoms with E-state index in [1.165, 1.54) is 12.8 Å². The van der Waals surface area contributed by atoms with Crippen molar-refractivity contribution in [3.8, 4) is 5.75 Å². The molecule has 4 heteroatoms. The summed E-state index contributed by atoms with van der Waals surface area (Å²) in [5.41, 5.74) is 0.120. The van der Waals surface area contributed by atoms with E-state index in [4.69, 9.17) is 4.74 Å². The Kier molecular flexibility index (Phi) is 3.67. The Morgan fingerprint density at radius 1 is 1.30 bits per heavy atom. The first-order chi connectivity index (χ1) is 9.65. The van der Waals surface area contributed by atoms with Gasteiger partial charge in [-0.1, -0.05) is 19.8 Å². The first-order valence-corrected chi connectivity index (χ1v) is 7.51. The fraction of sp³-hybridized carbons (Fsp3) is 0.625. The third-order valence-electron chi connectivity index (χ3n) is 4.93. The number of hydrogen-bond donors (Lipinski definition) is 1. The summed E-state index contributed by atoms with van der Waals surface area (Å²) in [5.74, 6) is -0.882. The van der Waals surface area contributed by atoms with Gasteiger partial charge in [0.25, 0.3) is 0 Å². The molecule has 2 unspecified atom stereocenters. The van der Waals surface area contributed by atoms with Gasteiger partial charge in [-0.05, 0) is 31.5 Å². The molecule has 2 fully saturated rings. The molecule has 2 aliphatic rings. The molecule has 0 aromatic heterocycles. The molecule has 2 aliphatic carbocycles.